The molecule has 0 unspecified atom stereocenters. The van der Waals surface area contributed by atoms with Gasteiger partial charge >= 0.3 is 0 Å². The van der Waals surface area contributed by atoms with Crippen LogP contribution in [0.15, 0.2) is 18.2 Å². The monoisotopic (exact) mass is 190 g/mol. The molecule has 0 aromatic heterocycles. The maximum absolute atomic E-state index is 11.2. The fourth-order valence-electron chi connectivity index (χ4n) is 1.83. The molecule has 0 atom stereocenters. The van der Waals surface area contributed by atoms with E-state index in [4.69, 9.17) is 0 Å². The zero-order chi connectivity index (χ0) is 9.42. The van der Waals surface area contributed by atoms with Crippen molar-refractivity contribution in [1.29, 1.82) is 0 Å². The van der Waals surface area contributed by atoms with E-state index in [1.165, 1.54) is 16.7 Å². The molecule has 14 heavy (non-hydrogen) atoms. The van der Waals surface area contributed by atoms with Gasteiger partial charge in [0.25, 0.3) is 0 Å². The van der Waals surface area contributed by atoms with Crippen LogP contribution in [0, 0.1) is 0 Å². The Balaban J connectivity index is 0.000000980. The van der Waals surface area contributed by atoms with Crippen LogP contribution in [0.2, 0.25) is 0 Å². The van der Waals surface area contributed by atoms with Crippen LogP contribution in [-0.2, 0) is 17.6 Å². The largest absolute Gasteiger partial charge is 0.299 e. The molecule has 1 heteroatoms. The zero-order valence-electron chi connectivity index (χ0n) is 8.13. The van der Waals surface area contributed by atoms with Crippen LogP contribution in [0.3, 0.4) is 0 Å². The van der Waals surface area contributed by atoms with Gasteiger partial charge in [0.1, 0.15) is 5.78 Å². The van der Waals surface area contributed by atoms with Crippen molar-refractivity contribution >= 4 is 5.78 Å². The summed E-state index contributed by atoms with van der Waals surface area (Å²) >= 11 is 0. The summed E-state index contributed by atoms with van der Waals surface area (Å²) in [5.41, 5.74) is 3.82. The highest BCUT2D eigenvalue weighted by Gasteiger charge is 2.18. The minimum Gasteiger partial charge on any atom is -0.299 e. The molecule has 0 fully saturated rings. The second kappa shape index (κ2) is 3.95. The topological polar surface area (TPSA) is 17.1 Å². The van der Waals surface area contributed by atoms with E-state index in [9.17, 15) is 4.79 Å². The first-order valence-corrected chi connectivity index (χ1v) is 4.80. The lowest BCUT2D eigenvalue weighted by atomic mass is 9.99. The molecule has 1 aromatic carbocycles. The summed E-state index contributed by atoms with van der Waals surface area (Å²) in [6, 6.07) is 6.43. The molecule has 0 saturated carbocycles. The summed E-state index contributed by atoms with van der Waals surface area (Å²) in [7, 11) is 0. The molecule has 0 heterocycles. The summed E-state index contributed by atoms with van der Waals surface area (Å²) < 4.78 is 0. The van der Waals surface area contributed by atoms with Gasteiger partial charge in [-0.2, -0.15) is 0 Å². The van der Waals surface area contributed by atoms with Crippen molar-refractivity contribution < 1.29 is 4.79 Å². The molecule has 2 rings (SSSR count). The molecule has 0 bridgehead atoms. The van der Waals surface area contributed by atoms with Crippen LogP contribution in [0.5, 0.6) is 0 Å². The number of carbonyl (C=O) groups excluding carboxylic acids is 1. The number of benzene rings is 1. The minimum absolute atomic E-state index is 0. The maximum Gasteiger partial charge on any atom is 0.141 e. The normalized spacial score (nSPS) is 14.1. The fraction of sp³-hybridized carbons (Fsp3) is 0.462. The number of Topliss-reactive ketones (excluding diaryl/α,β-unsaturated/α-hetero) is 1. The third-order valence-corrected chi connectivity index (χ3v) is 2.67. The van der Waals surface area contributed by atoms with Crippen molar-refractivity contribution in [2.45, 2.75) is 40.0 Å². The van der Waals surface area contributed by atoms with Crippen LogP contribution in [0.25, 0.3) is 0 Å². The summed E-state index contributed by atoms with van der Waals surface area (Å²) in [4.78, 5) is 11.2. The van der Waals surface area contributed by atoms with E-state index in [2.05, 4.69) is 32.0 Å². The highest BCUT2D eigenvalue weighted by molar-refractivity contribution is 5.87. The van der Waals surface area contributed by atoms with Crippen LogP contribution in [0.4, 0.5) is 0 Å². The van der Waals surface area contributed by atoms with Crippen molar-refractivity contribution in [3.05, 3.63) is 34.9 Å². The van der Waals surface area contributed by atoms with Crippen LogP contribution in [0.1, 0.15) is 43.9 Å². The van der Waals surface area contributed by atoms with Gasteiger partial charge in [-0.15, -0.1) is 0 Å². The molecule has 0 N–H and O–H groups in total. The van der Waals surface area contributed by atoms with Crippen LogP contribution < -0.4 is 0 Å². The molecule has 0 radical (unpaired) electrons. The number of ketones is 1. The number of hydrogen-bond acceptors (Lipinski definition) is 1. The highest BCUT2D eigenvalue weighted by atomic mass is 16.1. The zero-order valence-corrected chi connectivity index (χ0v) is 8.13. The molecule has 0 spiro atoms. The molecular weight excluding hydrogens is 172 g/mol. The quantitative estimate of drug-likeness (QED) is 0.665. The van der Waals surface area contributed by atoms with Gasteiger partial charge in [0.2, 0.25) is 0 Å². The lowest BCUT2D eigenvalue weighted by Gasteiger charge is -2.06. The Kier molecular flexibility index (Phi) is 3.10. The Hall–Kier alpha value is -1.11. The third kappa shape index (κ3) is 1.87. The Morgan fingerprint density at radius 1 is 1.14 bits per heavy atom. The van der Waals surface area contributed by atoms with Gasteiger partial charge in [0, 0.05) is 12.8 Å². The van der Waals surface area contributed by atoms with E-state index in [1.807, 2.05) is 0 Å². The minimum atomic E-state index is 0. The maximum atomic E-state index is 11.2. The summed E-state index contributed by atoms with van der Waals surface area (Å²) in [6.07, 6.45) is 1.30. The standard InChI is InChI=1S/C12H14O.CH4/c1-8(2)9-3-4-10-6-12(13)7-11(10)5-9;/h3-5,8H,6-7H2,1-2H3;1H4. The number of rotatable bonds is 1. The molecular formula is C13H18O. The van der Waals surface area contributed by atoms with Crippen LogP contribution in [-0.4, -0.2) is 5.78 Å². The summed E-state index contributed by atoms with van der Waals surface area (Å²) in [6.45, 7) is 4.36. The van der Waals surface area contributed by atoms with Gasteiger partial charge in [-0.05, 0) is 22.6 Å². The smallest absolute Gasteiger partial charge is 0.141 e. The van der Waals surface area contributed by atoms with E-state index in [0.29, 0.717) is 24.5 Å². The molecule has 0 amide bonds. The average Bonchev–Trinajstić information content (AvgIpc) is 2.42. The van der Waals surface area contributed by atoms with Gasteiger partial charge in [0.15, 0.2) is 0 Å². The van der Waals surface area contributed by atoms with Crippen molar-refractivity contribution in [2.24, 2.45) is 0 Å². The predicted molar refractivity (Wildman–Crippen MR) is 59.7 cm³/mol. The number of carbonyl (C=O) groups is 1. The van der Waals surface area contributed by atoms with Crippen molar-refractivity contribution in [3.63, 3.8) is 0 Å². The molecule has 1 aliphatic carbocycles. The lowest BCUT2D eigenvalue weighted by Crippen LogP contribution is -1.92. The summed E-state index contributed by atoms with van der Waals surface area (Å²) in [5.74, 6) is 0.914. The highest BCUT2D eigenvalue weighted by Crippen LogP contribution is 2.24. The Morgan fingerprint density at radius 3 is 2.43 bits per heavy atom. The summed E-state index contributed by atoms with van der Waals surface area (Å²) in [5, 5.41) is 0. The van der Waals surface area contributed by atoms with Gasteiger partial charge < -0.3 is 0 Å². The molecule has 1 aliphatic rings. The first-order chi connectivity index (χ1) is 6.16. The van der Waals surface area contributed by atoms with E-state index in [-0.39, 0.29) is 7.43 Å². The third-order valence-electron chi connectivity index (χ3n) is 2.67. The first kappa shape index (κ1) is 11.0. The molecule has 1 aromatic rings. The van der Waals surface area contributed by atoms with Gasteiger partial charge in [-0.25, -0.2) is 0 Å². The fourth-order valence-corrected chi connectivity index (χ4v) is 1.83. The van der Waals surface area contributed by atoms with Gasteiger partial charge in [0.05, 0.1) is 0 Å². The number of fused-ring (bicyclic) bond motifs is 1. The van der Waals surface area contributed by atoms with Crippen molar-refractivity contribution in [1.82, 2.24) is 0 Å². The number of hydrogen-bond donors (Lipinski definition) is 0. The van der Waals surface area contributed by atoms with E-state index in [0.717, 1.165) is 0 Å². The second-order valence-corrected chi connectivity index (χ2v) is 4.08. The molecule has 76 valence electrons. The Labute approximate surface area is 86.1 Å². The Morgan fingerprint density at radius 2 is 1.79 bits per heavy atom. The average molecular weight is 190 g/mol. The van der Waals surface area contributed by atoms with Gasteiger partial charge in [-0.3, -0.25) is 4.79 Å². The van der Waals surface area contributed by atoms with Crippen molar-refractivity contribution in [2.75, 3.05) is 0 Å². The second-order valence-electron chi connectivity index (χ2n) is 4.08. The Bertz CT molecular complexity index is 350. The van der Waals surface area contributed by atoms with Gasteiger partial charge in [-0.1, -0.05) is 39.5 Å². The molecule has 0 aliphatic heterocycles. The molecule has 0 saturated heterocycles. The first-order valence-electron chi connectivity index (χ1n) is 4.80. The van der Waals surface area contributed by atoms with E-state index in [1.54, 1.807) is 0 Å². The SMILES string of the molecule is C.CC(C)c1ccc2c(c1)CC(=O)C2. The predicted octanol–water partition coefficient (Wildman–Crippen LogP) is 3.11. The van der Waals surface area contributed by atoms with E-state index < -0.39 is 0 Å². The van der Waals surface area contributed by atoms with Crippen LogP contribution >= 0.6 is 0 Å². The van der Waals surface area contributed by atoms with Crippen molar-refractivity contribution in [3.8, 4) is 0 Å². The lowest BCUT2D eigenvalue weighted by molar-refractivity contribution is -0.117. The molecule has 1 nitrogen and oxygen atoms in total. The van der Waals surface area contributed by atoms with E-state index >= 15 is 0 Å².